The fourth-order valence-electron chi connectivity index (χ4n) is 0.541. The summed E-state index contributed by atoms with van der Waals surface area (Å²) >= 11 is 1.79. The van der Waals surface area contributed by atoms with Crippen LogP contribution in [0.2, 0.25) is 0 Å². The molecule has 5 heteroatoms. The van der Waals surface area contributed by atoms with Gasteiger partial charge >= 0.3 is 0 Å². The summed E-state index contributed by atoms with van der Waals surface area (Å²) in [5, 5.41) is 0. The van der Waals surface area contributed by atoms with Gasteiger partial charge in [-0.1, -0.05) is 0 Å². The summed E-state index contributed by atoms with van der Waals surface area (Å²) in [7, 11) is 0. The Hall–Kier alpha value is 0.190. The van der Waals surface area contributed by atoms with E-state index in [-0.39, 0.29) is 12.3 Å². The van der Waals surface area contributed by atoms with Crippen LogP contribution in [-0.2, 0) is 0 Å². The molecule has 0 fully saturated rings. The van der Waals surface area contributed by atoms with Gasteiger partial charge in [0.1, 0.15) is 0 Å². The first-order valence-corrected chi connectivity index (χ1v) is 4.88. The highest BCUT2D eigenvalue weighted by Crippen LogP contribution is 2.04. The molecular formula is C6H18N4S. The summed E-state index contributed by atoms with van der Waals surface area (Å²) in [5.74, 6) is 1.98. The molecule has 0 aliphatic heterocycles. The maximum atomic E-state index is 5.35. The second-order valence-electron chi connectivity index (χ2n) is 2.52. The predicted octanol–water partition coefficient (Wildman–Crippen LogP) is -1.01. The second kappa shape index (κ2) is 6.87. The van der Waals surface area contributed by atoms with Crippen LogP contribution in [0.1, 0.15) is 12.8 Å². The Labute approximate surface area is 72.0 Å². The minimum Gasteiger partial charge on any atom is -0.316 e. The molecule has 0 aromatic carbocycles. The Morgan fingerprint density at radius 2 is 1.18 bits per heavy atom. The van der Waals surface area contributed by atoms with Gasteiger partial charge in [-0.25, -0.2) is 0 Å². The van der Waals surface area contributed by atoms with Crippen molar-refractivity contribution in [1.82, 2.24) is 0 Å². The van der Waals surface area contributed by atoms with E-state index in [1.807, 2.05) is 0 Å². The minimum absolute atomic E-state index is 0.186. The fourth-order valence-corrected chi connectivity index (χ4v) is 1.62. The van der Waals surface area contributed by atoms with Crippen LogP contribution in [0.4, 0.5) is 0 Å². The highest BCUT2D eigenvalue weighted by atomic mass is 32.2. The van der Waals surface area contributed by atoms with E-state index in [0.29, 0.717) is 0 Å². The van der Waals surface area contributed by atoms with Crippen molar-refractivity contribution in [3.63, 3.8) is 0 Å². The number of thioether (sulfide) groups is 1. The van der Waals surface area contributed by atoms with Gasteiger partial charge in [0.25, 0.3) is 0 Å². The maximum Gasteiger partial charge on any atom is 0.0528 e. The molecule has 0 spiro atoms. The van der Waals surface area contributed by atoms with Crippen molar-refractivity contribution in [3.05, 3.63) is 0 Å². The lowest BCUT2D eigenvalue weighted by atomic mass is 10.4. The molecule has 0 aromatic heterocycles. The fraction of sp³-hybridized carbons (Fsp3) is 1.00. The summed E-state index contributed by atoms with van der Waals surface area (Å²) in [6.07, 6.45) is 1.33. The average molecular weight is 178 g/mol. The molecule has 0 atom stereocenters. The lowest BCUT2D eigenvalue weighted by Crippen LogP contribution is -2.31. The third-order valence-corrected chi connectivity index (χ3v) is 2.24. The molecular weight excluding hydrogens is 160 g/mol. The van der Waals surface area contributed by atoms with Gasteiger partial charge < -0.3 is 22.9 Å². The van der Waals surface area contributed by atoms with E-state index in [1.165, 1.54) is 0 Å². The largest absolute Gasteiger partial charge is 0.316 e. The average Bonchev–Trinajstić information content (AvgIpc) is 1.85. The predicted molar refractivity (Wildman–Crippen MR) is 50.9 cm³/mol. The van der Waals surface area contributed by atoms with E-state index in [0.717, 1.165) is 24.3 Å². The molecule has 0 unspecified atom stereocenters. The molecule has 0 amide bonds. The third-order valence-electron chi connectivity index (χ3n) is 1.19. The first-order chi connectivity index (χ1) is 5.13. The van der Waals surface area contributed by atoms with Gasteiger partial charge in [0, 0.05) is 0 Å². The quantitative estimate of drug-likeness (QED) is 0.308. The Morgan fingerprint density at radius 3 is 1.45 bits per heavy atom. The summed E-state index contributed by atoms with van der Waals surface area (Å²) in [6, 6.07) is 0. The van der Waals surface area contributed by atoms with E-state index in [1.54, 1.807) is 11.8 Å². The molecule has 0 aliphatic carbocycles. The van der Waals surface area contributed by atoms with E-state index < -0.39 is 0 Å². The van der Waals surface area contributed by atoms with Gasteiger partial charge in [-0.05, 0) is 24.3 Å². The Morgan fingerprint density at radius 1 is 0.818 bits per heavy atom. The zero-order valence-corrected chi connectivity index (χ0v) is 7.52. The minimum atomic E-state index is -0.186. The molecule has 0 aromatic rings. The molecule has 0 aliphatic rings. The van der Waals surface area contributed by atoms with Crippen LogP contribution in [0, 0.1) is 0 Å². The van der Waals surface area contributed by atoms with Crippen molar-refractivity contribution < 1.29 is 0 Å². The smallest absolute Gasteiger partial charge is 0.0528 e. The number of rotatable bonds is 6. The van der Waals surface area contributed by atoms with Crippen LogP contribution in [-0.4, -0.2) is 23.8 Å². The molecule has 68 valence electrons. The monoisotopic (exact) mass is 178 g/mol. The van der Waals surface area contributed by atoms with Crippen molar-refractivity contribution in [1.29, 1.82) is 0 Å². The van der Waals surface area contributed by atoms with Gasteiger partial charge in [0.2, 0.25) is 0 Å². The summed E-state index contributed by atoms with van der Waals surface area (Å²) in [4.78, 5) is 0. The highest BCUT2D eigenvalue weighted by molar-refractivity contribution is 7.99. The van der Waals surface area contributed by atoms with E-state index in [4.69, 9.17) is 22.9 Å². The number of nitrogens with two attached hydrogens (primary N) is 4. The lowest BCUT2D eigenvalue weighted by Gasteiger charge is -2.06. The Kier molecular flexibility index (Phi) is 6.99. The SMILES string of the molecule is NC(N)CCSCCC(N)N. The number of hydrogen-bond acceptors (Lipinski definition) is 5. The first-order valence-electron chi connectivity index (χ1n) is 3.73. The van der Waals surface area contributed by atoms with E-state index in [9.17, 15) is 0 Å². The van der Waals surface area contributed by atoms with Crippen LogP contribution in [0.3, 0.4) is 0 Å². The van der Waals surface area contributed by atoms with Crippen molar-refractivity contribution in [2.45, 2.75) is 25.2 Å². The van der Waals surface area contributed by atoms with Gasteiger partial charge in [-0.3, -0.25) is 0 Å². The van der Waals surface area contributed by atoms with Crippen LogP contribution >= 0.6 is 11.8 Å². The normalized spacial score (nSPS) is 11.5. The molecule has 0 radical (unpaired) electrons. The van der Waals surface area contributed by atoms with Gasteiger partial charge in [0.15, 0.2) is 0 Å². The second-order valence-corrected chi connectivity index (χ2v) is 3.74. The number of hydrogen-bond donors (Lipinski definition) is 4. The van der Waals surface area contributed by atoms with Crippen molar-refractivity contribution in [2.75, 3.05) is 11.5 Å². The topological polar surface area (TPSA) is 104 Å². The molecule has 0 rings (SSSR count). The Bertz CT molecular complexity index is 76.7. The lowest BCUT2D eigenvalue weighted by molar-refractivity contribution is 0.679. The summed E-state index contributed by atoms with van der Waals surface area (Å²) < 4.78 is 0. The first kappa shape index (κ1) is 11.2. The van der Waals surface area contributed by atoms with Crippen LogP contribution < -0.4 is 22.9 Å². The van der Waals surface area contributed by atoms with Crippen molar-refractivity contribution >= 4 is 11.8 Å². The van der Waals surface area contributed by atoms with Gasteiger partial charge in [-0.15, -0.1) is 0 Å². The van der Waals surface area contributed by atoms with Crippen LogP contribution in [0.15, 0.2) is 0 Å². The highest BCUT2D eigenvalue weighted by Gasteiger charge is 1.96. The molecule has 8 N–H and O–H groups in total. The van der Waals surface area contributed by atoms with Gasteiger partial charge in [0.05, 0.1) is 12.3 Å². The van der Waals surface area contributed by atoms with Crippen molar-refractivity contribution in [2.24, 2.45) is 22.9 Å². The van der Waals surface area contributed by atoms with Gasteiger partial charge in [-0.2, -0.15) is 11.8 Å². The Balaban J connectivity index is 2.91. The zero-order valence-electron chi connectivity index (χ0n) is 6.70. The third kappa shape index (κ3) is 10.2. The molecule has 4 nitrogen and oxygen atoms in total. The molecule has 0 saturated carbocycles. The standard InChI is InChI=1S/C6H18N4S/c7-5(8)1-3-11-4-2-6(9)10/h5-6H,1-4,7-10H2. The molecule has 0 saturated heterocycles. The van der Waals surface area contributed by atoms with E-state index in [2.05, 4.69) is 0 Å². The summed E-state index contributed by atoms with van der Waals surface area (Å²) in [5.41, 5.74) is 21.4. The maximum absolute atomic E-state index is 5.35. The molecule has 0 bridgehead atoms. The van der Waals surface area contributed by atoms with Crippen LogP contribution in [0.5, 0.6) is 0 Å². The van der Waals surface area contributed by atoms with Crippen LogP contribution in [0.25, 0.3) is 0 Å². The summed E-state index contributed by atoms with van der Waals surface area (Å²) in [6.45, 7) is 0. The molecule has 0 heterocycles. The molecule has 11 heavy (non-hydrogen) atoms. The van der Waals surface area contributed by atoms with Crippen molar-refractivity contribution in [3.8, 4) is 0 Å². The zero-order chi connectivity index (χ0) is 8.69. The van der Waals surface area contributed by atoms with E-state index >= 15 is 0 Å².